The van der Waals surface area contributed by atoms with Gasteiger partial charge in [0.25, 0.3) is 0 Å². The standard InChI is InChI=1S/C23H26Cl3FO6/c1-20-9-17(25)23(26)11(5-14(27)12-6-15(28)13(24)8-21(12,23)2)10(20)3-4-22(20,33)19(32)16(29)7-18(30)31/h6,8,10-11,14,16-17,29,33H,3-5,7,9H2,1-2H3,(H,30,31)/t10-,11-,14+,16?,17-,20-,21-,22-,23-/m0/s1. The predicted molar refractivity (Wildman–Crippen MR) is 120 cm³/mol. The van der Waals surface area contributed by atoms with E-state index < -0.39 is 74.8 Å². The molecule has 33 heavy (non-hydrogen) atoms. The van der Waals surface area contributed by atoms with Crippen LogP contribution in [0.2, 0.25) is 0 Å². The number of Topliss-reactive ketones (excluding diaryl/α,β-unsaturated/α-hetero) is 1. The zero-order valence-corrected chi connectivity index (χ0v) is 20.4. The Kier molecular flexibility index (Phi) is 5.90. The minimum atomic E-state index is -2.03. The number of aliphatic carboxylic acids is 1. The SMILES string of the molecule is C[C@]12C=C(Cl)C(=O)C=C1[C@H](F)C[C@H]1[C@@H]3CC[C@](O)(C(=O)C(O)CC(=O)O)[C@@]3(C)C[C@H](Cl)[C@@]12Cl. The van der Waals surface area contributed by atoms with Crippen LogP contribution in [-0.2, 0) is 14.4 Å². The van der Waals surface area contributed by atoms with Crippen LogP contribution < -0.4 is 0 Å². The Bertz CT molecular complexity index is 999. The fourth-order valence-electron chi connectivity index (χ4n) is 7.14. The van der Waals surface area contributed by atoms with E-state index in [4.69, 9.17) is 39.9 Å². The summed E-state index contributed by atoms with van der Waals surface area (Å²) < 4.78 is 15.5. The van der Waals surface area contributed by atoms with Crippen molar-refractivity contribution in [1.82, 2.24) is 0 Å². The maximum Gasteiger partial charge on any atom is 0.306 e. The second-order valence-electron chi connectivity index (χ2n) is 10.3. The molecule has 0 aromatic heterocycles. The summed E-state index contributed by atoms with van der Waals surface area (Å²) in [5, 5.41) is 29.8. The highest BCUT2D eigenvalue weighted by Crippen LogP contribution is 2.72. The summed E-state index contributed by atoms with van der Waals surface area (Å²) in [4.78, 5) is 35.0. The van der Waals surface area contributed by atoms with E-state index >= 15 is 4.39 Å². The summed E-state index contributed by atoms with van der Waals surface area (Å²) in [6, 6.07) is 0. The molecule has 3 saturated carbocycles. The molecule has 3 N–H and O–H groups in total. The third kappa shape index (κ3) is 3.15. The van der Waals surface area contributed by atoms with Gasteiger partial charge < -0.3 is 15.3 Å². The van der Waals surface area contributed by atoms with Crippen LogP contribution in [0.4, 0.5) is 4.39 Å². The van der Waals surface area contributed by atoms with Crippen LogP contribution in [-0.4, -0.2) is 61.0 Å². The van der Waals surface area contributed by atoms with Gasteiger partial charge in [-0.2, -0.15) is 0 Å². The molecule has 4 aliphatic rings. The molecule has 0 saturated heterocycles. The molecule has 6 nitrogen and oxygen atoms in total. The summed E-state index contributed by atoms with van der Waals surface area (Å²) in [5.41, 5.74) is -4.13. The van der Waals surface area contributed by atoms with Crippen LogP contribution in [0.25, 0.3) is 0 Å². The molecule has 4 rings (SSSR count). The lowest BCUT2D eigenvalue weighted by Gasteiger charge is -2.64. The number of aliphatic hydroxyl groups excluding tert-OH is 1. The Morgan fingerprint density at radius 2 is 1.94 bits per heavy atom. The van der Waals surface area contributed by atoms with Crippen molar-refractivity contribution in [3.8, 4) is 0 Å². The molecular weight excluding hydrogens is 498 g/mol. The number of halogens is 4. The number of hydrogen-bond donors (Lipinski definition) is 3. The van der Waals surface area contributed by atoms with Gasteiger partial charge in [-0.15, -0.1) is 23.2 Å². The Hall–Kier alpha value is -0.990. The van der Waals surface area contributed by atoms with Crippen LogP contribution >= 0.6 is 34.8 Å². The van der Waals surface area contributed by atoms with Crippen molar-refractivity contribution in [2.45, 2.75) is 74.1 Å². The first kappa shape index (κ1) is 25.1. The smallest absolute Gasteiger partial charge is 0.306 e. The Balaban J connectivity index is 1.79. The quantitative estimate of drug-likeness (QED) is 0.486. The predicted octanol–water partition coefficient (Wildman–Crippen LogP) is 3.52. The first-order valence-corrected chi connectivity index (χ1v) is 12.1. The minimum Gasteiger partial charge on any atom is -0.481 e. The monoisotopic (exact) mass is 522 g/mol. The Morgan fingerprint density at radius 1 is 1.30 bits per heavy atom. The van der Waals surface area contributed by atoms with E-state index in [1.54, 1.807) is 13.8 Å². The Labute approximate surface area is 205 Å². The van der Waals surface area contributed by atoms with E-state index in [9.17, 15) is 24.6 Å². The highest BCUT2D eigenvalue weighted by Gasteiger charge is 2.74. The summed E-state index contributed by atoms with van der Waals surface area (Å²) in [6.07, 6.45) is -1.22. The highest BCUT2D eigenvalue weighted by atomic mass is 35.5. The number of carboxylic acids is 1. The molecule has 0 aliphatic heterocycles. The molecule has 0 aromatic rings. The maximum atomic E-state index is 15.5. The average molecular weight is 524 g/mol. The van der Waals surface area contributed by atoms with Gasteiger partial charge in [0, 0.05) is 10.8 Å². The van der Waals surface area contributed by atoms with E-state index in [1.807, 2.05) is 0 Å². The first-order chi connectivity index (χ1) is 15.1. The molecule has 182 valence electrons. The van der Waals surface area contributed by atoms with Gasteiger partial charge in [-0.3, -0.25) is 14.4 Å². The number of carbonyl (C=O) groups is 3. The number of aliphatic hydroxyl groups is 2. The van der Waals surface area contributed by atoms with Crippen molar-refractivity contribution in [3.05, 3.63) is 22.8 Å². The minimum absolute atomic E-state index is 0.0256. The van der Waals surface area contributed by atoms with Gasteiger partial charge in [-0.1, -0.05) is 25.4 Å². The van der Waals surface area contributed by atoms with Gasteiger partial charge in [-0.25, -0.2) is 4.39 Å². The molecule has 10 heteroatoms. The van der Waals surface area contributed by atoms with Crippen LogP contribution in [0.5, 0.6) is 0 Å². The highest BCUT2D eigenvalue weighted by molar-refractivity contribution is 6.45. The third-order valence-corrected chi connectivity index (χ3v) is 10.7. The topological polar surface area (TPSA) is 112 Å². The van der Waals surface area contributed by atoms with Crippen LogP contribution in [0.15, 0.2) is 22.8 Å². The lowest BCUT2D eigenvalue weighted by Crippen LogP contribution is -2.69. The molecule has 9 atom stereocenters. The molecular formula is C23H26Cl3FO6. The van der Waals surface area contributed by atoms with E-state index in [0.717, 1.165) is 0 Å². The first-order valence-electron chi connectivity index (χ1n) is 10.9. The van der Waals surface area contributed by atoms with E-state index in [-0.39, 0.29) is 29.9 Å². The van der Waals surface area contributed by atoms with Crippen molar-refractivity contribution in [2.75, 3.05) is 0 Å². The number of hydrogen-bond acceptors (Lipinski definition) is 5. The molecule has 0 radical (unpaired) electrons. The Morgan fingerprint density at radius 3 is 2.55 bits per heavy atom. The van der Waals surface area contributed by atoms with Crippen LogP contribution in [0.1, 0.15) is 46.0 Å². The fraction of sp³-hybridized carbons (Fsp3) is 0.696. The second-order valence-corrected chi connectivity index (χ2v) is 11.9. The summed E-state index contributed by atoms with van der Waals surface area (Å²) in [5.74, 6) is -3.84. The number of carbonyl (C=O) groups excluding carboxylic acids is 2. The normalized spacial score (nSPS) is 47.6. The van der Waals surface area contributed by atoms with Crippen LogP contribution in [0.3, 0.4) is 0 Å². The number of allylic oxidation sites excluding steroid dienone is 4. The van der Waals surface area contributed by atoms with Gasteiger partial charge in [0.2, 0.25) is 0 Å². The molecule has 0 amide bonds. The molecule has 0 bridgehead atoms. The summed E-state index contributed by atoms with van der Waals surface area (Å²) in [6.45, 7) is 3.39. The molecule has 4 aliphatic carbocycles. The largest absolute Gasteiger partial charge is 0.481 e. The zero-order valence-electron chi connectivity index (χ0n) is 18.2. The van der Waals surface area contributed by atoms with Gasteiger partial charge in [0.05, 0.1) is 21.7 Å². The maximum absolute atomic E-state index is 15.5. The van der Waals surface area contributed by atoms with Crippen molar-refractivity contribution in [3.63, 3.8) is 0 Å². The summed E-state index contributed by atoms with van der Waals surface area (Å²) >= 11 is 20.4. The summed E-state index contributed by atoms with van der Waals surface area (Å²) in [7, 11) is 0. The zero-order chi connectivity index (χ0) is 24.7. The van der Waals surface area contributed by atoms with Crippen molar-refractivity contribution in [1.29, 1.82) is 0 Å². The number of ketones is 2. The van der Waals surface area contributed by atoms with Gasteiger partial charge in [0.1, 0.15) is 17.9 Å². The van der Waals surface area contributed by atoms with Crippen molar-refractivity contribution in [2.24, 2.45) is 22.7 Å². The molecule has 0 spiro atoms. The van der Waals surface area contributed by atoms with E-state index in [1.165, 1.54) is 12.2 Å². The van der Waals surface area contributed by atoms with Crippen LogP contribution in [0, 0.1) is 22.7 Å². The lowest BCUT2D eigenvalue weighted by molar-refractivity contribution is -0.170. The molecule has 3 fully saturated rings. The number of alkyl halides is 3. The van der Waals surface area contributed by atoms with Crippen molar-refractivity contribution >= 4 is 52.3 Å². The molecule has 0 aromatic carbocycles. The lowest BCUT2D eigenvalue weighted by atomic mass is 9.46. The molecule has 1 unspecified atom stereocenters. The fourth-order valence-corrected chi connectivity index (χ4v) is 8.60. The molecule has 0 heterocycles. The number of rotatable bonds is 4. The van der Waals surface area contributed by atoms with Gasteiger partial charge >= 0.3 is 5.97 Å². The van der Waals surface area contributed by atoms with Gasteiger partial charge in [0.15, 0.2) is 11.6 Å². The van der Waals surface area contributed by atoms with Gasteiger partial charge in [-0.05, 0) is 55.2 Å². The second kappa shape index (κ2) is 7.76. The van der Waals surface area contributed by atoms with E-state index in [2.05, 4.69) is 0 Å². The third-order valence-electron chi connectivity index (χ3n) is 8.87. The van der Waals surface area contributed by atoms with Crippen molar-refractivity contribution < 1.29 is 34.1 Å². The van der Waals surface area contributed by atoms with E-state index in [0.29, 0.717) is 6.42 Å². The number of carboxylic acid groups (broad SMARTS) is 1. The number of fused-ring (bicyclic) bond motifs is 5. The average Bonchev–Trinajstić information content (AvgIpc) is 2.97.